The van der Waals surface area contributed by atoms with Crippen molar-refractivity contribution in [3.8, 4) is 0 Å². The van der Waals surface area contributed by atoms with Gasteiger partial charge in [0.1, 0.15) is 11.4 Å². The summed E-state index contributed by atoms with van der Waals surface area (Å²) < 4.78 is 11.3. The Balaban J connectivity index is 1.60. The number of benzene rings is 1. The Morgan fingerprint density at radius 1 is 1.04 bits per heavy atom. The molecule has 49 heavy (non-hydrogen) atoms. The fraction of sp³-hybridized carbons (Fsp3) is 0.651. The second kappa shape index (κ2) is 16.7. The van der Waals surface area contributed by atoms with Gasteiger partial charge >= 0.3 is 5.97 Å². The number of allylic oxidation sites excluding steroid dienone is 4. The summed E-state index contributed by atoms with van der Waals surface area (Å²) in [5.41, 5.74) is 2.60. The van der Waals surface area contributed by atoms with Gasteiger partial charge in [-0.05, 0) is 130 Å². The number of carbonyl (C=O) groups is 2. The number of carbonyl (C=O) groups excluding carboxylic acids is 2. The minimum atomic E-state index is -0.600. The first-order valence-electron chi connectivity index (χ1n) is 19.1. The van der Waals surface area contributed by atoms with E-state index in [0.29, 0.717) is 47.3 Å². The molecule has 3 aliphatic rings. The number of rotatable bonds is 17. The zero-order valence-electron chi connectivity index (χ0n) is 31.9. The van der Waals surface area contributed by atoms with E-state index in [1.165, 1.54) is 25.7 Å². The SMILES string of the molecule is C=C(/C=C\C=C(/C)OCCCCC(C)C)C1=NC2(CCC(C3(C)CC3)CC2)N(C(CCC(C)(C)C)c2ccc(C(=O)OCCC)cc2)C1=O. The van der Waals surface area contributed by atoms with Crippen molar-refractivity contribution in [2.75, 3.05) is 13.2 Å². The predicted molar refractivity (Wildman–Crippen MR) is 201 cm³/mol. The van der Waals surface area contributed by atoms with Crippen molar-refractivity contribution < 1.29 is 19.1 Å². The summed E-state index contributed by atoms with van der Waals surface area (Å²) >= 11 is 0. The van der Waals surface area contributed by atoms with E-state index in [2.05, 4.69) is 53.0 Å². The van der Waals surface area contributed by atoms with E-state index in [1.54, 1.807) is 0 Å². The second-order valence-corrected chi connectivity index (χ2v) is 16.8. The Morgan fingerprint density at radius 3 is 2.31 bits per heavy atom. The molecule has 0 saturated heterocycles. The third-order valence-electron chi connectivity index (χ3n) is 10.9. The summed E-state index contributed by atoms with van der Waals surface area (Å²) in [5, 5.41) is 0. The summed E-state index contributed by atoms with van der Waals surface area (Å²) in [7, 11) is 0. The van der Waals surface area contributed by atoms with Gasteiger partial charge in [0.25, 0.3) is 5.91 Å². The molecule has 1 spiro atoms. The normalized spacial score (nSPS) is 22.9. The molecule has 6 nitrogen and oxygen atoms in total. The van der Waals surface area contributed by atoms with Gasteiger partial charge in [-0.2, -0.15) is 0 Å². The molecule has 1 unspecified atom stereocenters. The zero-order chi connectivity index (χ0) is 35.8. The number of unbranched alkanes of at least 4 members (excludes halogenated alkanes) is 1. The summed E-state index contributed by atoms with van der Waals surface area (Å²) in [6.07, 6.45) is 18.2. The molecule has 0 bridgehead atoms. The number of ether oxygens (including phenoxy) is 2. The molecule has 0 radical (unpaired) electrons. The Labute approximate surface area is 297 Å². The maximum absolute atomic E-state index is 14.7. The standard InChI is InChI=1S/C43H64N2O4/c1-10-29-49-40(47)35-19-17-34(18-20-35)37(23-24-41(6,7)8)45-39(46)38(44-43(45)25-21-36(22-26-43)42(9)27-28-42)32(4)15-13-16-33(5)48-30-12-11-14-31(2)3/h13,15-20,31,36-37H,4,10-12,14,21-30H2,1-3,5-9H3/b15-13-,33-16+. The minimum absolute atomic E-state index is 0.0434. The average Bonchev–Trinajstić information content (AvgIpc) is 3.75. The van der Waals surface area contributed by atoms with Crippen molar-refractivity contribution in [2.24, 2.45) is 27.7 Å². The lowest BCUT2D eigenvalue weighted by atomic mass is 9.73. The van der Waals surface area contributed by atoms with Crippen molar-refractivity contribution >= 4 is 17.6 Å². The van der Waals surface area contributed by atoms with E-state index in [0.717, 1.165) is 62.7 Å². The van der Waals surface area contributed by atoms with E-state index >= 15 is 0 Å². The molecule has 1 aliphatic heterocycles. The Hall–Kier alpha value is -3.15. The van der Waals surface area contributed by atoms with Crippen LogP contribution < -0.4 is 0 Å². The lowest BCUT2D eigenvalue weighted by Gasteiger charge is -2.46. The van der Waals surface area contributed by atoms with Crippen LogP contribution in [0.2, 0.25) is 0 Å². The van der Waals surface area contributed by atoms with Gasteiger partial charge in [-0.15, -0.1) is 0 Å². The van der Waals surface area contributed by atoms with E-state index < -0.39 is 5.66 Å². The van der Waals surface area contributed by atoms with Gasteiger partial charge in [-0.25, -0.2) is 4.79 Å². The number of hydrogen-bond acceptors (Lipinski definition) is 5. The van der Waals surface area contributed by atoms with Crippen LogP contribution in [0.5, 0.6) is 0 Å². The van der Waals surface area contributed by atoms with Crippen molar-refractivity contribution in [3.05, 3.63) is 71.5 Å². The minimum Gasteiger partial charge on any atom is -0.498 e. The monoisotopic (exact) mass is 672 g/mol. The molecular weight excluding hydrogens is 608 g/mol. The first-order valence-corrected chi connectivity index (χ1v) is 19.1. The smallest absolute Gasteiger partial charge is 0.338 e. The van der Waals surface area contributed by atoms with Crippen LogP contribution >= 0.6 is 0 Å². The largest absolute Gasteiger partial charge is 0.498 e. The Bertz CT molecular complexity index is 1380. The first kappa shape index (κ1) is 38.6. The highest BCUT2D eigenvalue weighted by molar-refractivity contribution is 6.47. The molecule has 0 N–H and O–H groups in total. The van der Waals surface area contributed by atoms with Crippen LogP contribution in [0.1, 0.15) is 154 Å². The van der Waals surface area contributed by atoms with E-state index in [9.17, 15) is 9.59 Å². The van der Waals surface area contributed by atoms with Gasteiger partial charge in [0.2, 0.25) is 0 Å². The second-order valence-electron chi connectivity index (χ2n) is 16.8. The number of hydrogen-bond donors (Lipinski definition) is 0. The van der Waals surface area contributed by atoms with Crippen molar-refractivity contribution in [3.63, 3.8) is 0 Å². The maximum Gasteiger partial charge on any atom is 0.338 e. The molecule has 2 fully saturated rings. The molecule has 1 amide bonds. The highest BCUT2D eigenvalue weighted by atomic mass is 16.5. The molecule has 270 valence electrons. The van der Waals surface area contributed by atoms with Gasteiger partial charge in [0.05, 0.1) is 30.6 Å². The number of esters is 1. The summed E-state index contributed by atoms with van der Waals surface area (Å²) in [6.45, 7) is 23.1. The van der Waals surface area contributed by atoms with Crippen molar-refractivity contribution in [1.82, 2.24) is 4.90 Å². The molecule has 1 aromatic carbocycles. The lowest BCUT2D eigenvalue weighted by molar-refractivity contribution is -0.133. The molecule has 1 heterocycles. The lowest BCUT2D eigenvalue weighted by Crippen LogP contribution is -2.51. The van der Waals surface area contributed by atoms with Gasteiger partial charge in [0.15, 0.2) is 0 Å². The number of amides is 1. The highest BCUT2D eigenvalue weighted by Crippen LogP contribution is 2.58. The third kappa shape index (κ3) is 10.4. The quantitative estimate of drug-likeness (QED) is 0.0715. The van der Waals surface area contributed by atoms with Crippen LogP contribution in [-0.2, 0) is 14.3 Å². The fourth-order valence-electron chi connectivity index (χ4n) is 7.44. The molecular formula is C43H64N2O4. The maximum atomic E-state index is 14.7. The predicted octanol–water partition coefficient (Wildman–Crippen LogP) is 10.9. The van der Waals surface area contributed by atoms with Crippen LogP contribution in [0.15, 0.2) is 65.4 Å². The van der Waals surface area contributed by atoms with Crippen molar-refractivity contribution in [1.29, 1.82) is 0 Å². The van der Waals surface area contributed by atoms with Crippen LogP contribution in [0.3, 0.4) is 0 Å². The molecule has 2 aliphatic carbocycles. The molecule has 0 aromatic heterocycles. The number of nitrogens with zero attached hydrogens (tertiary/aromatic N) is 2. The van der Waals surface area contributed by atoms with Crippen LogP contribution in [0.25, 0.3) is 0 Å². The van der Waals surface area contributed by atoms with E-state index in [-0.39, 0.29) is 23.3 Å². The topological polar surface area (TPSA) is 68.2 Å². The van der Waals surface area contributed by atoms with Crippen LogP contribution in [0, 0.1) is 22.7 Å². The summed E-state index contributed by atoms with van der Waals surface area (Å²) in [4.78, 5) is 34.8. The highest BCUT2D eigenvalue weighted by Gasteiger charge is 2.55. The fourth-order valence-corrected chi connectivity index (χ4v) is 7.44. The molecule has 1 atom stereocenters. The van der Waals surface area contributed by atoms with Crippen molar-refractivity contribution in [2.45, 2.75) is 144 Å². The zero-order valence-corrected chi connectivity index (χ0v) is 31.9. The molecule has 4 rings (SSSR count). The Kier molecular flexibility index (Phi) is 13.2. The third-order valence-corrected chi connectivity index (χ3v) is 10.9. The summed E-state index contributed by atoms with van der Waals surface area (Å²) in [5.74, 6) is 1.89. The van der Waals surface area contributed by atoms with E-state index in [1.807, 2.05) is 56.3 Å². The molecule has 6 heteroatoms. The van der Waals surface area contributed by atoms with E-state index in [4.69, 9.17) is 14.5 Å². The molecule has 1 aromatic rings. The first-order chi connectivity index (χ1) is 23.2. The van der Waals surface area contributed by atoms with Gasteiger partial charge in [-0.1, -0.05) is 85.8 Å². The van der Waals surface area contributed by atoms with Crippen LogP contribution in [0.4, 0.5) is 0 Å². The van der Waals surface area contributed by atoms with Gasteiger partial charge in [-0.3, -0.25) is 9.79 Å². The van der Waals surface area contributed by atoms with Gasteiger partial charge in [0, 0.05) is 0 Å². The number of aliphatic imine (C=N–C) groups is 1. The van der Waals surface area contributed by atoms with Gasteiger partial charge < -0.3 is 14.4 Å². The Morgan fingerprint density at radius 2 is 1.71 bits per heavy atom. The van der Waals surface area contributed by atoms with Crippen LogP contribution in [-0.4, -0.2) is 41.4 Å². The average molecular weight is 673 g/mol. The summed E-state index contributed by atoms with van der Waals surface area (Å²) in [6, 6.07) is 7.54. The molecule has 2 saturated carbocycles.